The van der Waals surface area contributed by atoms with Crippen LogP contribution >= 0.6 is 0 Å². The van der Waals surface area contributed by atoms with Gasteiger partial charge in [0, 0.05) is 18.6 Å². The van der Waals surface area contributed by atoms with Gasteiger partial charge >= 0.3 is 8.80 Å². The first-order chi connectivity index (χ1) is 16.7. The topological polar surface area (TPSA) is 55.4 Å². The smallest absolute Gasteiger partial charge is 0.368 e. The second kappa shape index (κ2) is 18.7. The van der Waals surface area contributed by atoms with Gasteiger partial charge in [-0.05, 0) is 57.7 Å². The van der Waals surface area contributed by atoms with Crippen molar-refractivity contribution in [3.8, 4) is 0 Å². The van der Waals surface area contributed by atoms with E-state index in [0.29, 0.717) is 26.2 Å². The molecule has 0 aliphatic heterocycles. The Balaban J connectivity index is 6.73. The minimum Gasteiger partial charge on any atom is -0.368 e. The summed E-state index contributed by atoms with van der Waals surface area (Å²) in [5.41, 5.74) is 1.71. The van der Waals surface area contributed by atoms with Crippen molar-refractivity contribution in [1.29, 1.82) is 0 Å². The molecule has 0 aromatic heterocycles. The Labute approximate surface area is 218 Å². The third-order valence-corrected chi connectivity index (χ3v) is 8.74. The van der Waals surface area contributed by atoms with Crippen molar-refractivity contribution in [2.75, 3.05) is 19.8 Å². The Morgan fingerprint density at radius 3 is 1.46 bits per heavy atom. The van der Waals surface area contributed by atoms with Crippen molar-refractivity contribution in [2.45, 2.75) is 137 Å². The number of hydrogen-bond acceptors (Lipinski definition) is 6. The summed E-state index contributed by atoms with van der Waals surface area (Å²) >= 11 is 0. The van der Waals surface area contributed by atoms with Gasteiger partial charge in [-0.15, -0.1) is 0 Å². The zero-order chi connectivity index (χ0) is 26.8. The van der Waals surface area contributed by atoms with Crippen LogP contribution in [0, 0.1) is 0 Å². The normalized spacial score (nSPS) is 17.4. The number of rotatable bonds is 24. The maximum absolute atomic E-state index is 6.97. The van der Waals surface area contributed by atoms with Crippen molar-refractivity contribution in [3.63, 3.8) is 0 Å². The molecule has 0 amide bonds. The van der Waals surface area contributed by atoms with Gasteiger partial charge in [0.2, 0.25) is 11.6 Å². The fourth-order valence-corrected chi connectivity index (χ4v) is 6.13. The van der Waals surface area contributed by atoms with Crippen LogP contribution in [0.1, 0.15) is 113 Å². The summed E-state index contributed by atoms with van der Waals surface area (Å²) in [6.07, 6.45) is 9.28. The van der Waals surface area contributed by atoms with Gasteiger partial charge in [0.05, 0.1) is 19.8 Å². The largest absolute Gasteiger partial charge is 0.531 e. The summed E-state index contributed by atoms with van der Waals surface area (Å²) in [6.45, 7) is 26.4. The van der Waals surface area contributed by atoms with E-state index >= 15 is 0 Å². The maximum atomic E-state index is 6.97. The van der Waals surface area contributed by atoms with Gasteiger partial charge in [0.1, 0.15) is 0 Å². The van der Waals surface area contributed by atoms with Crippen molar-refractivity contribution in [3.05, 3.63) is 24.9 Å². The van der Waals surface area contributed by atoms with Crippen LogP contribution in [0.5, 0.6) is 0 Å². The van der Waals surface area contributed by atoms with Gasteiger partial charge in [0.25, 0.3) is 0 Å². The first-order valence-electron chi connectivity index (χ1n) is 14.0. The van der Waals surface area contributed by atoms with Crippen molar-refractivity contribution >= 4 is 8.80 Å². The fourth-order valence-electron chi connectivity index (χ4n) is 3.45. The quantitative estimate of drug-likeness (QED) is 0.0566. The number of hydrogen-bond donors (Lipinski definition) is 0. The molecule has 0 aliphatic carbocycles. The molecule has 0 aliphatic rings. The van der Waals surface area contributed by atoms with Crippen molar-refractivity contribution < 1.29 is 27.5 Å². The highest BCUT2D eigenvalue weighted by atomic mass is 28.4. The zero-order valence-electron chi connectivity index (χ0n) is 24.2. The second-order valence-corrected chi connectivity index (χ2v) is 11.5. The van der Waals surface area contributed by atoms with Gasteiger partial charge in [-0.3, -0.25) is 0 Å². The lowest BCUT2D eigenvalue weighted by Gasteiger charge is -2.50. The third-order valence-electron chi connectivity index (χ3n) is 6.16. The van der Waals surface area contributed by atoms with Crippen LogP contribution in [0.2, 0.25) is 0 Å². The molecule has 0 radical (unpaired) electrons. The Hall–Kier alpha value is -0.543. The van der Waals surface area contributed by atoms with E-state index in [0.717, 1.165) is 51.4 Å². The van der Waals surface area contributed by atoms with E-state index in [9.17, 15) is 0 Å². The monoisotopic (exact) mass is 516 g/mol. The molecular weight excluding hydrogens is 460 g/mol. The van der Waals surface area contributed by atoms with Crippen LogP contribution in [0.25, 0.3) is 0 Å². The average Bonchev–Trinajstić information content (AvgIpc) is 2.87. The van der Waals surface area contributed by atoms with Crippen LogP contribution in [0.4, 0.5) is 0 Å². The van der Waals surface area contributed by atoms with E-state index in [4.69, 9.17) is 27.5 Å². The van der Waals surface area contributed by atoms with Crippen LogP contribution in [0.3, 0.4) is 0 Å². The van der Waals surface area contributed by atoms with Gasteiger partial charge in [0.15, 0.2) is 0 Å². The average molecular weight is 517 g/mol. The molecule has 0 heterocycles. The highest BCUT2D eigenvalue weighted by molar-refractivity contribution is 6.66. The number of unbranched alkanes of at least 4 members (excludes halogenated alkanes) is 3. The predicted octanol–water partition coefficient (Wildman–Crippen LogP) is 7.74. The second-order valence-electron chi connectivity index (χ2n) is 9.17. The highest BCUT2D eigenvalue weighted by Crippen LogP contribution is 2.41. The molecule has 0 saturated carbocycles. The summed E-state index contributed by atoms with van der Waals surface area (Å²) in [4.78, 5) is 0. The SMILES string of the molecule is C=CC(OCCCC)(OCCCC)C(CC)(OCCCC)O[Si](C=C)(OC(C)CC)OC(C)CC. The van der Waals surface area contributed by atoms with Gasteiger partial charge in [-0.25, -0.2) is 0 Å². The molecule has 0 rings (SSSR count). The predicted molar refractivity (Wildman–Crippen MR) is 147 cm³/mol. The molecule has 3 atom stereocenters. The van der Waals surface area contributed by atoms with E-state index in [1.807, 2.05) is 20.8 Å². The summed E-state index contributed by atoms with van der Waals surface area (Å²) in [7, 11) is -3.44. The highest BCUT2D eigenvalue weighted by Gasteiger charge is 2.60. The maximum Gasteiger partial charge on any atom is 0.531 e. The molecule has 35 heavy (non-hydrogen) atoms. The van der Waals surface area contributed by atoms with Crippen molar-refractivity contribution in [1.82, 2.24) is 0 Å². The Morgan fingerprint density at radius 1 is 0.714 bits per heavy atom. The van der Waals surface area contributed by atoms with Gasteiger partial charge in [-0.2, -0.15) is 0 Å². The summed E-state index contributed by atoms with van der Waals surface area (Å²) in [6, 6.07) is 0. The van der Waals surface area contributed by atoms with Crippen LogP contribution < -0.4 is 0 Å². The summed E-state index contributed by atoms with van der Waals surface area (Å²) in [5.74, 6) is -2.63. The van der Waals surface area contributed by atoms with E-state index in [1.54, 1.807) is 11.8 Å². The first kappa shape index (κ1) is 34.5. The molecule has 0 N–H and O–H groups in total. The standard InChI is InChI=1S/C28H56O6Si/c1-11-19-22-29-27(16-6,30-23-20-12-2)28(17-7,31-24-21-13-3)34-35(18-8,32-25(9)14-4)33-26(10)15-5/h16,18,25-26H,6,8,11-15,17,19-24H2,1-5,7,9-10H3. The Morgan fingerprint density at radius 2 is 1.14 bits per heavy atom. The van der Waals surface area contributed by atoms with Crippen LogP contribution in [0.15, 0.2) is 24.9 Å². The molecule has 0 fully saturated rings. The molecule has 7 heteroatoms. The molecule has 6 nitrogen and oxygen atoms in total. The third kappa shape index (κ3) is 10.8. The Bertz CT molecular complexity index is 536. The molecule has 3 unspecified atom stereocenters. The minimum atomic E-state index is -3.44. The summed E-state index contributed by atoms with van der Waals surface area (Å²) in [5, 5.41) is 0. The molecule has 0 spiro atoms. The van der Waals surface area contributed by atoms with Gasteiger partial charge < -0.3 is 27.5 Å². The van der Waals surface area contributed by atoms with Crippen LogP contribution in [-0.4, -0.2) is 52.4 Å². The first-order valence-corrected chi connectivity index (χ1v) is 15.8. The lowest BCUT2D eigenvalue weighted by Crippen LogP contribution is -2.66. The number of ether oxygens (including phenoxy) is 3. The molecular formula is C28H56O6Si. The van der Waals surface area contributed by atoms with E-state index in [2.05, 4.69) is 47.8 Å². The van der Waals surface area contributed by atoms with Crippen molar-refractivity contribution in [2.24, 2.45) is 0 Å². The van der Waals surface area contributed by atoms with E-state index in [1.165, 1.54) is 0 Å². The van der Waals surface area contributed by atoms with Gasteiger partial charge in [-0.1, -0.05) is 74.0 Å². The zero-order valence-corrected chi connectivity index (χ0v) is 25.2. The lowest BCUT2D eigenvalue weighted by molar-refractivity contribution is -0.378. The van der Waals surface area contributed by atoms with E-state index in [-0.39, 0.29) is 12.2 Å². The molecule has 0 saturated heterocycles. The fraction of sp³-hybridized carbons (Fsp3) is 0.857. The van der Waals surface area contributed by atoms with Crippen LogP contribution in [-0.2, 0) is 27.5 Å². The molecule has 0 aromatic rings. The molecule has 0 aromatic carbocycles. The van der Waals surface area contributed by atoms with E-state index < -0.39 is 20.4 Å². The summed E-state index contributed by atoms with van der Waals surface area (Å²) < 4.78 is 39.6. The molecule has 0 bridgehead atoms. The molecule has 208 valence electrons. The Kier molecular flexibility index (Phi) is 18.4. The minimum absolute atomic E-state index is 0.0749. The lowest BCUT2D eigenvalue weighted by atomic mass is 10.0.